The van der Waals surface area contributed by atoms with E-state index >= 15 is 0 Å². The van der Waals surface area contributed by atoms with Gasteiger partial charge in [-0.15, -0.1) is 23.5 Å². The van der Waals surface area contributed by atoms with Crippen LogP contribution in [0.15, 0.2) is 24.3 Å². The molecular formula is C17H28OS2. The summed E-state index contributed by atoms with van der Waals surface area (Å²) in [4.78, 5) is 0. The highest BCUT2D eigenvalue weighted by Gasteiger charge is 2.10. The summed E-state index contributed by atoms with van der Waals surface area (Å²) in [5, 5.41) is 0. The summed E-state index contributed by atoms with van der Waals surface area (Å²) in [5.41, 5.74) is 1.42. The highest BCUT2D eigenvalue weighted by atomic mass is 32.2. The second-order valence-corrected chi connectivity index (χ2v) is 7.85. The summed E-state index contributed by atoms with van der Waals surface area (Å²) >= 11 is 4.27. The molecule has 0 N–H and O–H groups in total. The molecule has 3 heteroatoms. The molecule has 114 valence electrons. The fourth-order valence-corrected chi connectivity index (χ4v) is 4.86. The third kappa shape index (κ3) is 7.49. The number of hydrogen-bond acceptors (Lipinski definition) is 3. The number of ether oxygens (including phenoxy) is 1. The lowest BCUT2D eigenvalue weighted by molar-refractivity contribution is 0.414. The van der Waals surface area contributed by atoms with E-state index in [1.54, 1.807) is 7.11 Å². The third-order valence-corrected chi connectivity index (χ3v) is 6.11. The normalized spacial score (nSPS) is 11.0. The first-order valence-electron chi connectivity index (χ1n) is 7.66. The SMILES string of the molecule is CCCCSC(Cc1ccc(OC)cc1)SCCCC. The Balaban J connectivity index is 2.47. The molecule has 0 bridgehead atoms. The van der Waals surface area contributed by atoms with Crippen molar-refractivity contribution in [2.24, 2.45) is 0 Å². The molecule has 0 radical (unpaired) electrons. The van der Waals surface area contributed by atoms with Crippen LogP contribution in [0.4, 0.5) is 0 Å². The summed E-state index contributed by atoms with van der Waals surface area (Å²) < 4.78 is 5.92. The minimum absolute atomic E-state index is 0.696. The molecular weight excluding hydrogens is 284 g/mol. The monoisotopic (exact) mass is 312 g/mol. The first kappa shape index (κ1) is 17.8. The minimum atomic E-state index is 0.696. The number of rotatable bonds is 11. The molecule has 0 atom stereocenters. The van der Waals surface area contributed by atoms with Gasteiger partial charge in [-0.05, 0) is 48.5 Å². The van der Waals surface area contributed by atoms with Gasteiger partial charge in [0.05, 0.1) is 11.7 Å². The smallest absolute Gasteiger partial charge is 0.118 e. The van der Waals surface area contributed by atoms with E-state index in [1.807, 2.05) is 0 Å². The zero-order valence-corrected chi connectivity index (χ0v) is 14.7. The van der Waals surface area contributed by atoms with E-state index in [1.165, 1.54) is 42.8 Å². The molecule has 0 unspecified atom stereocenters. The van der Waals surface area contributed by atoms with Gasteiger partial charge in [0.2, 0.25) is 0 Å². The van der Waals surface area contributed by atoms with Crippen molar-refractivity contribution >= 4 is 23.5 Å². The largest absolute Gasteiger partial charge is 0.497 e. The molecule has 0 amide bonds. The predicted octanol–water partition coefficient (Wildman–Crippen LogP) is 5.63. The van der Waals surface area contributed by atoms with Gasteiger partial charge < -0.3 is 4.74 Å². The van der Waals surface area contributed by atoms with Crippen molar-refractivity contribution in [1.82, 2.24) is 0 Å². The zero-order chi connectivity index (χ0) is 14.6. The Kier molecular flexibility index (Phi) is 10.1. The summed E-state index contributed by atoms with van der Waals surface area (Å²) in [6.07, 6.45) is 6.41. The molecule has 1 nitrogen and oxygen atoms in total. The van der Waals surface area contributed by atoms with E-state index in [4.69, 9.17) is 4.74 Å². The van der Waals surface area contributed by atoms with Gasteiger partial charge in [0.25, 0.3) is 0 Å². The molecule has 0 aliphatic rings. The Labute approximate surface area is 133 Å². The molecule has 20 heavy (non-hydrogen) atoms. The van der Waals surface area contributed by atoms with Gasteiger partial charge in [-0.25, -0.2) is 0 Å². The number of unbranched alkanes of at least 4 members (excludes halogenated alkanes) is 2. The molecule has 0 saturated carbocycles. The van der Waals surface area contributed by atoms with E-state index in [2.05, 4.69) is 61.6 Å². The number of benzene rings is 1. The molecule has 0 heterocycles. The summed E-state index contributed by atoms with van der Waals surface area (Å²) in [7, 11) is 1.72. The molecule has 0 aliphatic carbocycles. The van der Waals surface area contributed by atoms with Crippen LogP contribution in [0.2, 0.25) is 0 Å². The van der Waals surface area contributed by atoms with Crippen LogP contribution < -0.4 is 4.74 Å². The maximum Gasteiger partial charge on any atom is 0.118 e. The summed E-state index contributed by atoms with van der Waals surface area (Å²) in [6.45, 7) is 4.53. The summed E-state index contributed by atoms with van der Waals surface area (Å²) in [6, 6.07) is 8.54. The van der Waals surface area contributed by atoms with Crippen molar-refractivity contribution in [2.75, 3.05) is 18.6 Å². The van der Waals surface area contributed by atoms with Gasteiger partial charge >= 0.3 is 0 Å². The van der Waals surface area contributed by atoms with Crippen LogP contribution in [0, 0.1) is 0 Å². The Hall–Kier alpha value is -0.280. The molecule has 1 aromatic carbocycles. The van der Waals surface area contributed by atoms with Gasteiger partial charge in [-0.1, -0.05) is 38.8 Å². The quantitative estimate of drug-likeness (QED) is 0.387. The summed E-state index contributed by atoms with van der Waals surface area (Å²) in [5.74, 6) is 3.52. The number of thioether (sulfide) groups is 2. The Bertz CT molecular complexity index is 327. The van der Waals surface area contributed by atoms with Crippen molar-refractivity contribution in [1.29, 1.82) is 0 Å². The molecule has 1 rings (SSSR count). The molecule has 0 saturated heterocycles. The van der Waals surface area contributed by atoms with E-state index in [0.717, 1.165) is 12.2 Å². The van der Waals surface area contributed by atoms with E-state index in [0.29, 0.717) is 4.58 Å². The van der Waals surface area contributed by atoms with Gasteiger partial charge in [0.1, 0.15) is 5.75 Å². The molecule has 0 aliphatic heterocycles. The lowest BCUT2D eigenvalue weighted by Gasteiger charge is -2.16. The minimum Gasteiger partial charge on any atom is -0.497 e. The highest BCUT2D eigenvalue weighted by molar-refractivity contribution is 8.17. The fraction of sp³-hybridized carbons (Fsp3) is 0.647. The topological polar surface area (TPSA) is 9.23 Å². The van der Waals surface area contributed by atoms with Crippen molar-refractivity contribution < 1.29 is 4.74 Å². The molecule has 1 aromatic rings. The number of hydrogen-bond donors (Lipinski definition) is 0. The molecule has 0 spiro atoms. The second kappa shape index (κ2) is 11.4. The van der Waals surface area contributed by atoms with Crippen LogP contribution in [0.5, 0.6) is 5.75 Å². The van der Waals surface area contributed by atoms with E-state index < -0.39 is 0 Å². The van der Waals surface area contributed by atoms with E-state index in [9.17, 15) is 0 Å². The maximum atomic E-state index is 5.22. The Morgan fingerprint density at radius 2 is 1.50 bits per heavy atom. The van der Waals surface area contributed by atoms with Crippen LogP contribution in [-0.2, 0) is 6.42 Å². The lowest BCUT2D eigenvalue weighted by atomic mass is 10.2. The van der Waals surface area contributed by atoms with Crippen LogP contribution in [0.1, 0.15) is 45.1 Å². The average Bonchev–Trinajstić information content (AvgIpc) is 2.48. The highest BCUT2D eigenvalue weighted by Crippen LogP contribution is 2.29. The van der Waals surface area contributed by atoms with Gasteiger partial charge in [-0.3, -0.25) is 0 Å². The Morgan fingerprint density at radius 3 is 1.95 bits per heavy atom. The predicted molar refractivity (Wildman–Crippen MR) is 95.2 cm³/mol. The lowest BCUT2D eigenvalue weighted by Crippen LogP contribution is -2.05. The van der Waals surface area contributed by atoms with Crippen molar-refractivity contribution in [3.8, 4) is 5.75 Å². The Morgan fingerprint density at radius 1 is 0.950 bits per heavy atom. The van der Waals surface area contributed by atoms with Crippen molar-refractivity contribution in [3.05, 3.63) is 29.8 Å². The van der Waals surface area contributed by atoms with E-state index in [-0.39, 0.29) is 0 Å². The fourth-order valence-electron chi connectivity index (χ4n) is 1.84. The average molecular weight is 313 g/mol. The maximum absolute atomic E-state index is 5.22. The standard InChI is InChI=1S/C17H28OS2/c1-4-6-12-19-17(20-13-7-5-2)14-15-8-10-16(18-3)11-9-15/h8-11,17H,4-7,12-14H2,1-3H3. The van der Waals surface area contributed by atoms with Gasteiger partial charge in [0.15, 0.2) is 0 Å². The first-order valence-corrected chi connectivity index (χ1v) is 9.76. The van der Waals surface area contributed by atoms with Crippen molar-refractivity contribution in [2.45, 2.75) is 50.5 Å². The van der Waals surface area contributed by atoms with Crippen LogP contribution in [0.3, 0.4) is 0 Å². The van der Waals surface area contributed by atoms with Gasteiger partial charge in [-0.2, -0.15) is 0 Å². The molecule has 0 fully saturated rings. The van der Waals surface area contributed by atoms with Gasteiger partial charge in [0, 0.05) is 0 Å². The van der Waals surface area contributed by atoms with Crippen LogP contribution in [0.25, 0.3) is 0 Å². The zero-order valence-electron chi connectivity index (χ0n) is 13.1. The van der Waals surface area contributed by atoms with Crippen LogP contribution in [-0.4, -0.2) is 23.2 Å². The van der Waals surface area contributed by atoms with Crippen LogP contribution >= 0.6 is 23.5 Å². The molecule has 0 aromatic heterocycles. The third-order valence-electron chi connectivity index (χ3n) is 3.16. The van der Waals surface area contributed by atoms with Crippen molar-refractivity contribution in [3.63, 3.8) is 0 Å². The second-order valence-electron chi connectivity index (χ2n) is 4.93. The number of methoxy groups -OCH3 is 1. The first-order chi connectivity index (χ1) is 9.80.